The minimum atomic E-state index is -0.787. The second kappa shape index (κ2) is 7.76. The molecule has 1 N–H and O–H groups in total. The largest absolute Gasteiger partial charge is 0.503 e. The number of halogens is 2. The maximum Gasteiger partial charge on any atom is 0.290 e. The molecule has 1 aromatic heterocycles. The molecule has 142 valence electrons. The minimum absolute atomic E-state index is 0.0351. The van der Waals surface area contributed by atoms with Crippen LogP contribution in [0.25, 0.3) is 0 Å². The van der Waals surface area contributed by atoms with E-state index in [2.05, 4.69) is 0 Å². The van der Waals surface area contributed by atoms with Crippen molar-refractivity contribution in [3.05, 3.63) is 69.3 Å². The van der Waals surface area contributed by atoms with E-state index in [1.807, 2.05) is 19.0 Å². The number of likely N-dealkylation sites (N-methyl/N-ethyl adjacent to an activating group) is 1. The maximum atomic E-state index is 12.9. The van der Waals surface area contributed by atoms with E-state index in [4.69, 9.17) is 27.6 Å². The summed E-state index contributed by atoms with van der Waals surface area (Å²) in [6, 6.07) is 7.14. The Morgan fingerprint density at radius 1 is 1.26 bits per heavy atom. The zero-order valence-corrected chi connectivity index (χ0v) is 16.3. The van der Waals surface area contributed by atoms with Crippen LogP contribution in [0.4, 0.5) is 0 Å². The molecule has 1 unspecified atom stereocenters. The molecule has 1 aromatic carbocycles. The summed E-state index contributed by atoms with van der Waals surface area (Å²) in [6.45, 7) is 0.870. The molecule has 0 radical (unpaired) electrons. The molecule has 0 bridgehead atoms. The first-order valence-corrected chi connectivity index (χ1v) is 8.98. The fourth-order valence-corrected chi connectivity index (χ4v) is 3.30. The molecule has 6 nitrogen and oxygen atoms in total. The summed E-state index contributed by atoms with van der Waals surface area (Å²) in [7, 11) is 3.74. The van der Waals surface area contributed by atoms with Crippen LogP contribution in [0.2, 0.25) is 10.0 Å². The topological polar surface area (TPSA) is 74.0 Å². The first-order chi connectivity index (χ1) is 12.8. The van der Waals surface area contributed by atoms with Crippen LogP contribution in [0, 0.1) is 0 Å². The minimum Gasteiger partial charge on any atom is -0.503 e. The highest BCUT2D eigenvalue weighted by atomic mass is 35.5. The average molecular weight is 409 g/mol. The number of aliphatic hydroxyl groups is 1. The van der Waals surface area contributed by atoms with Crippen molar-refractivity contribution in [3.63, 3.8) is 0 Å². The SMILES string of the molecule is CN(C)CCN1C(=O)C(O)=C(C(=O)c2ccco2)C1c1ccc(Cl)c(Cl)c1. The maximum absolute atomic E-state index is 12.9. The monoisotopic (exact) mass is 408 g/mol. The van der Waals surface area contributed by atoms with Crippen LogP contribution in [0.5, 0.6) is 0 Å². The first kappa shape index (κ1) is 19.5. The molecule has 8 heteroatoms. The Morgan fingerprint density at radius 2 is 2.00 bits per heavy atom. The van der Waals surface area contributed by atoms with Gasteiger partial charge in [0.15, 0.2) is 11.5 Å². The van der Waals surface area contributed by atoms with E-state index >= 15 is 0 Å². The van der Waals surface area contributed by atoms with Gasteiger partial charge in [0.2, 0.25) is 5.78 Å². The van der Waals surface area contributed by atoms with Crippen molar-refractivity contribution in [1.82, 2.24) is 9.80 Å². The lowest BCUT2D eigenvalue weighted by atomic mass is 9.95. The quantitative estimate of drug-likeness (QED) is 0.737. The Labute approximate surface area is 166 Å². The van der Waals surface area contributed by atoms with Gasteiger partial charge in [-0.3, -0.25) is 9.59 Å². The lowest BCUT2D eigenvalue weighted by Gasteiger charge is -2.28. The summed E-state index contributed by atoms with van der Waals surface area (Å²) in [5.74, 6) is -1.69. The van der Waals surface area contributed by atoms with E-state index in [9.17, 15) is 14.7 Å². The van der Waals surface area contributed by atoms with Crippen molar-refractivity contribution in [2.75, 3.05) is 27.2 Å². The van der Waals surface area contributed by atoms with Gasteiger partial charge in [-0.25, -0.2) is 0 Å². The van der Waals surface area contributed by atoms with Crippen molar-refractivity contribution in [1.29, 1.82) is 0 Å². The summed E-state index contributed by atoms with van der Waals surface area (Å²) in [5.41, 5.74) is 0.544. The van der Waals surface area contributed by atoms with Gasteiger partial charge in [0.25, 0.3) is 5.91 Å². The van der Waals surface area contributed by atoms with Gasteiger partial charge in [0, 0.05) is 13.1 Å². The third-order valence-electron chi connectivity index (χ3n) is 4.34. The molecular weight excluding hydrogens is 391 g/mol. The van der Waals surface area contributed by atoms with E-state index < -0.39 is 23.5 Å². The normalized spacial score (nSPS) is 17.3. The van der Waals surface area contributed by atoms with Crippen molar-refractivity contribution >= 4 is 34.9 Å². The summed E-state index contributed by atoms with van der Waals surface area (Å²) >= 11 is 12.1. The fraction of sp³-hybridized carbons (Fsp3) is 0.263. The van der Waals surface area contributed by atoms with Gasteiger partial charge in [-0.15, -0.1) is 0 Å². The molecule has 1 aliphatic heterocycles. The molecule has 2 aromatic rings. The number of carbonyl (C=O) groups is 2. The molecule has 0 saturated carbocycles. The predicted molar refractivity (Wildman–Crippen MR) is 102 cm³/mol. The van der Waals surface area contributed by atoms with E-state index in [1.165, 1.54) is 17.2 Å². The Bertz CT molecular complexity index is 906. The van der Waals surface area contributed by atoms with Crippen LogP contribution in [0.15, 0.2) is 52.3 Å². The molecule has 0 spiro atoms. The average Bonchev–Trinajstić information content (AvgIpc) is 3.24. The number of hydrogen-bond donors (Lipinski definition) is 1. The van der Waals surface area contributed by atoms with Crippen LogP contribution < -0.4 is 0 Å². The predicted octanol–water partition coefficient (Wildman–Crippen LogP) is 3.73. The van der Waals surface area contributed by atoms with Gasteiger partial charge in [0.05, 0.1) is 27.9 Å². The van der Waals surface area contributed by atoms with E-state index in [0.717, 1.165) is 0 Å². The van der Waals surface area contributed by atoms with Crippen LogP contribution >= 0.6 is 23.2 Å². The zero-order valence-electron chi connectivity index (χ0n) is 14.8. The molecule has 1 aliphatic rings. The fourth-order valence-electron chi connectivity index (χ4n) is 2.99. The standard InChI is InChI=1S/C19H18Cl2N2O4/c1-22(2)7-8-23-16(11-5-6-12(20)13(21)10-11)15(18(25)19(23)26)17(24)14-4-3-9-27-14/h3-6,9-10,16,25H,7-8H2,1-2H3. The summed E-state index contributed by atoms with van der Waals surface area (Å²) < 4.78 is 5.17. The number of rotatable bonds is 6. The molecule has 0 aliphatic carbocycles. The molecule has 3 rings (SSSR count). The molecule has 1 amide bonds. The molecule has 2 heterocycles. The Hall–Kier alpha value is -2.28. The number of hydrogen-bond acceptors (Lipinski definition) is 5. The molecule has 1 atom stereocenters. The van der Waals surface area contributed by atoms with E-state index in [1.54, 1.807) is 24.3 Å². The molecule has 0 fully saturated rings. The smallest absolute Gasteiger partial charge is 0.290 e. The summed E-state index contributed by atoms with van der Waals surface area (Å²) in [5, 5.41) is 11.1. The first-order valence-electron chi connectivity index (χ1n) is 8.23. The number of nitrogens with zero attached hydrogens (tertiary/aromatic N) is 2. The van der Waals surface area contributed by atoms with Gasteiger partial charge >= 0.3 is 0 Å². The second-order valence-corrected chi connectivity index (χ2v) is 7.26. The number of Topliss-reactive ketones (excluding diaryl/α,β-unsaturated/α-hetero) is 1. The van der Waals surface area contributed by atoms with Crippen LogP contribution in [0.1, 0.15) is 22.2 Å². The Balaban J connectivity index is 2.08. The molecule has 0 saturated heterocycles. The molecular formula is C19H18Cl2N2O4. The van der Waals surface area contributed by atoms with E-state index in [-0.39, 0.29) is 11.3 Å². The van der Waals surface area contributed by atoms with Crippen molar-refractivity contribution in [3.8, 4) is 0 Å². The van der Waals surface area contributed by atoms with Crippen molar-refractivity contribution in [2.45, 2.75) is 6.04 Å². The number of carbonyl (C=O) groups excluding carboxylic acids is 2. The van der Waals surface area contributed by atoms with Crippen LogP contribution in [-0.4, -0.2) is 53.8 Å². The lowest BCUT2D eigenvalue weighted by Crippen LogP contribution is -2.36. The third kappa shape index (κ3) is 3.74. The Kier molecular flexibility index (Phi) is 5.60. The summed E-state index contributed by atoms with van der Waals surface area (Å²) in [6.07, 6.45) is 1.36. The van der Waals surface area contributed by atoms with E-state index in [0.29, 0.717) is 28.7 Å². The van der Waals surface area contributed by atoms with Gasteiger partial charge in [-0.05, 0) is 43.9 Å². The van der Waals surface area contributed by atoms with Gasteiger partial charge < -0.3 is 19.3 Å². The summed E-state index contributed by atoms with van der Waals surface area (Å²) in [4.78, 5) is 29.0. The van der Waals surface area contributed by atoms with Crippen molar-refractivity contribution < 1.29 is 19.1 Å². The van der Waals surface area contributed by atoms with Gasteiger partial charge in [-0.1, -0.05) is 29.3 Å². The number of benzene rings is 1. The van der Waals surface area contributed by atoms with Crippen LogP contribution in [-0.2, 0) is 4.79 Å². The van der Waals surface area contributed by atoms with Crippen molar-refractivity contribution in [2.24, 2.45) is 0 Å². The highest BCUT2D eigenvalue weighted by molar-refractivity contribution is 6.42. The number of furan rings is 1. The van der Waals surface area contributed by atoms with Crippen LogP contribution in [0.3, 0.4) is 0 Å². The third-order valence-corrected chi connectivity index (χ3v) is 5.08. The highest BCUT2D eigenvalue weighted by Gasteiger charge is 2.44. The van der Waals surface area contributed by atoms with Gasteiger partial charge in [-0.2, -0.15) is 0 Å². The van der Waals surface area contributed by atoms with Gasteiger partial charge in [0.1, 0.15) is 0 Å². The Morgan fingerprint density at radius 3 is 2.59 bits per heavy atom. The number of aliphatic hydroxyl groups excluding tert-OH is 1. The highest BCUT2D eigenvalue weighted by Crippen LogP contribution is 2.40. The zero-order chi connectivity index (χ0) is 19.7. The molecule has 27 heavy (non-hydrogen) atoms. The second-order valence-electron chi connectivity index (χ2n) is 6.45. The number of amides is 1. The lowest BCUT2D eigenvalue weighted by molar-refractivity contribution is -0.129. The number of ketones is 1.